The number of hydrogen-bond donors (Lipinski definition) is 1. The van der Waals surface area contributed by atoms with Crippen LogP contribution in [0.1, 0.15) is 21.1 Å². The van der Waals surface area contributed by atoms with Gasteiger partial charge in [0.1, 0.15) is 11.0 Å². The zero-order valence-corrected chi connectivity index (χ0v) is 13.3. The highest BCUT2D eigenvalue weighted by Gasteiger charge is 2.38. The van der Waals surface area contributed by atoms with Crippen LogP contribution < -0.4 is 5.32 Å². The number of carbonyl (C=O) groups excluding carboxylic acids is 2. The topological polar surface area (TPSA) is 62.3 Å². The molecule has 0 radical (unpaired) electrons. The molecule has 0 unspecified atom stereocenters. The predicted molar refractivity (Wildman–Crippen MR) is 84.6 cm³/mol. The molecule has 5 nitrogen and oxygen atoms in total. The molecule has 0 saturated carbocycles. The first-order chi connectivity index (χ1) is 10.5. The predicted octanol–water partition coefficient (Wildman–Crippen LogP) is 2.42. The molecule has 6 heteroatoms. The van der Waals surface area contributed by atoms with Gasteiger partial charge in [0.2, 0.25) is 0 Å². The van der Waals surface area contributed by atoms with E-state index in [2.05, 4.69) is 10.3 Å². The number of amides is 3. The second-order valence-corrected chi connectivity index (χ2v) is 6.65. The van der Waals surface area contributed by atoms with Crippen molar-refractivity contribution in [3.05, 3.63) is 51.5 Å². The Morgan fingerprint density at radius 1 is 1.23 bits per heavy atom. The summed E-state index contributed by atoms with van der Waals surface area (Å²) in [5, 5.41) is 3.55. The van der Waals surface area contributed by atoms with Gasteiger partial charge in [-0.05, 0) is 19.4 Å². The number of carbonyl (C=O) groups is 2. The lowest BCUT2D eigenvalue weighted by Crippen LogP contribution is -2.32. The average Bonchev–Trinajstić information content (AvgIpc) is 2.94. The Morgan fingerprint density at radius 2 is 1.95 bits per heavy atom. The summed E-state index contributed by atoms with van der Waals surface area (Å²) in [4.78, 5) is 31.3. The Bertz CT molecular complexity index is 692. The summed E-state index contributed by atoms with van der Waals surface area (Å²) in [5.41, 5.74) is 1.98. The maximum absolute atomic E-state index is 12.4. The molecule has 1 N–H and O–H groups in total. The van der Waals surface area contributed by atoms with Crippen molar-refractivity contribution < 1.29 is 9.59 Å². The van der Waals surface area contributed by atoms with E-state index in [0.717, 1.165) is 21.1 Å². The lowest BCUT2D eigenvalue weighted by atomic mass is 10.1. The molecule has 2 aromatic rings. The summed E-state index contributed by atoms with van der Waals surface area (Å²) < 4.78 is 0. The summed E-state index contributed by atoms with van der Waals surface area (Å²) >= 11 is 1.53. The van der Waals surface area contributed by atoms with Crippen LogP contribution >= 0.6 is 11.3 Å². The fourth-order valence-corrected chi connectivity index (χ4v) is 3.38. The molecule has 1 atom stereocenters. The minimum atomic E-state index is -0.489. The van der Waals surface area contributed by atoms with E-state index >= 15 is 0 Å². The molecule has 1 fully saturated rings. The standard InChI is InChI=1S/C16H17N3O2S/c1-10-11(2)22-14(17-10)9-19-15(20)13(18-16(19)21)8-12-6-4-3-5-7-12/h3-7,13H,8-9H2,1-2H3,(H,18,21)/t13-/m0/s1. The zero-order valence-electron chi connectivity index (χ0n) is 12.5. The number of nitrogens with zero attached hydrogens (tertiary/aromatic N) is 2. The highest BCUT2D eigenvalue weighted by Crippen LogP contribution is 2.20. The third-order valence-corrected chi connectivity index (χ3v) is 4.81. The minimum Gasteiger partial charge on any atom is -0.325 e. The Balaban J connectivity index is 1.71. The first kappa shape index (κ1) is 14.7. The van der Waals surface area contributed by atoms with Crippen LogP contribution in [0.2, 0.25) is 0 Å². The van der Waals surface area contributed by atoms with Crippen molar-refractivity contribution in [3.63, 3.8) is 0 Å². The fraction of sp³-hybridized carbons (Fsp3) is 0.312. The van der Waals surface area contributed by atoms with Crippen LogP contribution in [-0.4, -0.2) is 27.9 Å². The quantitative estimate of drug-likeness (QED) is 0.881. The molecule has 1 saturated heterocycles. The van der Waals surface area contributed by atoms with Gasteiger partial charge in [-0.15, -0.1) is 11.3 Å². The van der Waals surface area contributed by atoms with Crippen LogP contribution in [0.4, 0.5) is 4.79 Å². The highest BCUT2D eigenvalue weighted by molar-refractivity contribution is 7.11. The van der Waals surface area contributed by atoms with E-state index in [4.69, 9.17) is 0 Å². The number of hydrogen-bond acceptors (Lipinski definition) is 4. The van der Waals surface area contributed by atoms with E-state index in [0.29, 0.717) is 6.42 Å². The van der Waals surface area contributed by atoms with Crippen molar-refractivity contribution in [2.24, 2.45) is 0 Å². The molecule has 22 heavy (non-hydrogen) atoms. The van der Waals surface area contributed by atoms with Gasteiger partial charge in [0.25, 0.3) is 5.91 Å². The Kier molecular flexibility index (Phi) is 3.94. The lowest BCUT2D eigenvalue weighted by Gasteiger charge is -2.11. The summed E-state index contributed by atoms with van der Waals surface area (Å²) in [6.07, 6.45) is 0.512. The highest BCUT2D eigenvalue weighted by atomic mass is 32.1. The second kappa shape index (κ2) is 5.88. The largest absolute Gasteiger partial charge is 0.325 e. The van der Waals surface area contributed by atoms with Crippen molar-refractivity contribution in [1.29, 1.82) is 0 Å². The number of nitrogens with one attached hydrogen (secondary N) is 1. The lowest BCUT2D eigenvalue weighted by molar-refractivity contribution is -0.127. The maximum atomic E-state index is 12.4. The Hall–Kier alpha value is -2.21. The van der Waals surface area contributed by atoms with Crippen LogP contribution in [-0.2, 0) is 17.8 Å². The summed E-state index contributed by atoms with van der Waals surface area (Å²) in [5.74, 6) is -0.181. The Morgan fingerprint density at radius 3 is 2.59 bits per heavy atom. The van der Waals surface area contributed by atoms with E-state index < -0.39 is 6.04 Å². The first-order valence-electron chi connectivity index (χ1n) is 7.13. The van der Waals surface area contributed by atoms with E-state index in [9.17, 15) is 9.59 Å². The van der Waals surface area contributed by atoms with Crippen molar-refractivity contribution >= 4 is 23.3 Å². The van der Waals surface area contributed by atoms with Crippen molar-refractivity contribution in [2.75, 3.05) is 0 Å². The van der Waals surface area contributed by atoms with Crippen LogP contribution in [0.15, 0.2) is 30.3 Å². The molecule has 0 aliphatic carbocycles. The molecule has 0 spiro atoms. The molecule has 1 aliphatic rings. The number of rotatable bonds is 4. The summed E-state index contributed by atoms with van der Waals surface area (Å²) in [6, 6.07) is 8.86. The molecule has 1 aliphatic heterocycles. The molecule has 3 amide bonds. The van der Waals surface area contributed by atoms with Crippen molar-refractivity contribution in [1.82, 2.24) is 15.2 Å². The molecular formula is C16H17N3O2S. The van der Waals surface area contributed by atoms with E-state index in [1.165, 1.54) is 16.2 Å². The minimum absolute atomic E-state index is 0.181. The third kappa shape index (κ3) is 2.87. The molecule has 3 rings (SSSR count). The van der Waals surface area contributed by atoms with Gasteiger partial charge in [0.05, 0.1) is 12.2 Å². The van der Waals surface area contributed by atoms with Gasteiger partial charge in [0, 0.05) is 11.3 Å². The van der Waals surface area contributed by atoms with Gasteiger partial charge < -0.3 is 5.32 Å². The van der Waals surface area contributed by atoms with Crippen LogP contribution in [0.3, 0.4) is 0 Å². The number of thiazole rings is 1. The van der Waals surface area contributed by atoms with Crippen LogP contribution in [0.5, 0.6) is 0 Å². The van der Waals surface area contributed by atoms with E-state index in [1.807, 2.05) is 44.2 Å². The molecule has 1 aromatic heterocycles. The molecule has 1 aromatic carbocycles. The normalized spacial score (nSPS) is 17.9. The van der Waals surface area contributed by atoms with Gasteiger partial charge in [-0.25, -0.2) is 9.78 Å². The number of benzene rings is 1. The fourth-order valence-electron chi connectivity index (χ4n) is 2.46. The number of imide groups is 1. The first-order valence-corrected chi connectivity index (χ1v) is 7.95. The van der Waals surface area contributed by atoms with E-state index in [1.54, 1.807) is 0 Å². The number of aromatic nitrogens is 1. The second-order valence-electron chi connectivity index (χ2n) is 5.37. The van der Waals surface area contributed by atoms with E-state index in [-0.39, 0.29) is 18.5 Å². The number of aryl methyl sites for hydroxylation is 2. The maximum Gasteiger partial charge on any atom is 0.325 e. The summed E-state index contributed by atoms with van der Waals surface area (Å²) in [7, 11) is 0. The van der Waals surface area contributed by atoms with Gasteiger partial charge in [-0.2, -0.15) is 0 Å². The van der Waals surface area contributed by atoms with Gasteiger partial charge in [0.15, 0.2) is 0 Å². The number of urea groups is 1. The van der Waals surface area contributed by atoms with Crippen molar-refractivity contribution in [3.8, 4) is 0 Å². The van der Waals surface area contributed by atoms with Crippen molar-refractivity contribution in [2.45, 2.75) is 32.9 Å². The molecule has 114 valence electrons. The monoisotopic (exact) mass is 315 g/mol. The smallest absolute Gasteiger partial charge is 0.325 e. The van der Waals surface area contributed by atoms with Gasteiger partial charge in [-0.3, -0.25) is 9.69 Å². The van der Waals surface area contributed by atoms with Gasteiger partial charge in [-0.1, -0.05) is 30.3 Å². The van der Waals surface area contributed by atoms with Crippen LogP contribution in [0.25, 0.3) is 0 Å². The van der Waals surface area contributed by atoms with Gasteiger partial charge >= 0.3 is 6.03 Å². The van der Waals surface area contributed by atoms with Crippen LogP contribution in [0, 0.1) is 13.8 Å². The third-order valence-electron chi connectivity index (χ3n) is 3.76. The zero-order chi connectivity index (χ0) is 15.7. The summed E-state index contributed by atoms with van der Waals surface area (Å²) in [6.45, 7) is 4.16. The molecule has 0 bridgehead atoms. The molecule has 2 heterocycles. The average molecular weight is 315 g/mol. The SMILES string of the molecule is Cc1nc(CN2C(=O)N[C@@H](Cc3ccccc3)C2=O)sc1C. The Labute approximate surface area is 133 Å². The molecular weight excluding hydrogens is 298 g/mol.